The lowest BCUT2D eigenvalue weighted by molar-refractivity contribution is 0.243. The summed E-state index contributed by atoms with van der Waals surface area (Å²) in [5.74, 6) is 1.27. The quantitative estimate of drug-likeness (QED) is 0.406. The molecule has 3 N–H and O–H groups in total. The zero-order valence-electron chi connectivity index (χ0n) is 21.0. The lowest BCUT2D eigenvalue weighted by Gasteiger charge is -2.30. The number of amides is 2. The molecule has 34 heavy (non-hydrogen) atoms. The summed E-state index contributed by atoms with van der Waals surface area (Å²) in [6.07, 6.45) is 3.89. The van der Waals surface area contributed by atoms with Gasteiger partial charge in [-0.3, -0.25) is 0 Å². The average Bonchev–Trinajstić information content (AvgIpc) is 2.81. The Bertz CT molecular complexity index is 1150. The molecule has 0 spiro atoms. The van der Waals surface area contributed by atoms with Crippen molar-refractivity contribution in [2.24, 2.45) is 0 Å². The summed E-state index contributed by atoms with van der Waals surface area (Å²) in [5, 5.41) is 11.1. The molecule has 1 fully saturated rings. The number of rotatable bonds is 6. The summed E-state index contributed by atoms with van der Waals surface area (Å²) >= 11 is 0. The van der Waals surface area contributed by atoms with Crippen molar-refractivity contribution in [3.8, 4) is 0 Å². The maximum absolute atomic E-state index is 12.8. The first-order valence-electron chi connectivity index (χ1n) is 12.3. The Morgan fingerprint density at radius 2 is 1.71 bits per heavy atom. The maximum Gasteiger partial charge on any atom is 0.319 e. The molecule has 2 amide bonds. The molecule has 1 aliphatic rings. The van der Waals surface area contributed by atoms with Gasteiger partial charge in [-0.05, 0) is 55.7 Å². The monoisotopic (exact) mass is 459 g/mol. The fraction of sp³-hybridized carbons (Fsp3) is 0.429. The number of carbonyl (C=O) groups excluding carboxylic acids is 1. The fourth-order valence-electron chi connectivity index (χ4n) is 4.87. The highest BCUT2D eigenvalue weighted by Crippen LogP contribution is 2.30. The Morgan fingerprint density at radius 1 is 1.00 bits per heavy atom. The largest absolute Gasteiger partial charge is 0.377 e. The number of hydrogen-bond donors (Lipinski definition) is 3. The van der Waals surface area contributed by atoms with Gasteiger partial charge in [0.15, 0.2) is 0 Å². The van der Waals surface area contributed by atoms with Gasteiger partial charge in [-0.15, -0.1) is 0 Å². The molecule has 6 heteroatoms. The van der Waals surface area contributed by atoms with Crippen LogP contribution in [0.3, 0.4) is 0 Å². The first-order chi connectivity index (χ1) is 16.3. The van der Waals surface area contributed by atoms with Gasteiger partial charge in [0.1, 0.15) is 5.82 Å². The second kappa shape index (κ2) is 10.3. The van der Waals surface area contributed by atoms with Crippen LogP contribution >= 0.6 is 0 Å². The van der Waals surface area contributed by atoms with Crippen LogP contribution in [0.4, 0.5) is 22.0 Å². The van der Waals surface area contributed by atoms with E-state index < -0.39 is 0 Å². The minimum atomic E-state index is -0.112. The standard InChI is InChI=1S/C28H37N5O/c1-18(2)22-11-8-9-19(3)27(22)32-28(34)30-21-15-13-20(14-16-21)29-26-17-25(33(4)5)23-10-6-7-12-24(23)31-26/h6-12,17-18,20-21H,13-16H2,1-5H3,(H,29,31)(H2,30,32,34)/t20-,21+. The van der Waals surface area contributed by atoms with E-state index in [4.69, 9.17) is 4.98 Å². The lowest BCUT2D eigenvalue weighted by atomic mass is 9.91. The lowest BCUT2D eigenvalue weighted by Crippen LogP contribution is -2.42. The van der Waals surface area contributed by atoms with E-state index in [1.165, 1.54) is 5.56 Å². The molecule has 6 nitrogen and oxygen atoms in total. The molecule has 3 aromatic rings. The van der Waals surface area contributed by atoms with Crippen LogP contribution in [0.1, 0.15) is 56.6 Å². The molecule has 4 rings (SSSR count). The number of pyridine rings is 1. The number of aromatic nitrogens is 1. The van der Waals surface area contributed by atoms with Crippen molar-refractivity contribution in [2.45, 2.75) is 64.5 Å². The summed E-state index contributed by atoms with van der Waals surface area (Å²) < 4.78 is 0. The highest BCUT2D eigenvalue weighted by atomic mass is 16.2. The van der Waals surface area contributed by atoms with Gasteiger partial charge in [-0.2, -0.15) is 0 Å². The molecule has 1 aliphatic carbocycles. The first-order valence-corrected chi connectivity index (χ1v) is 12.3. The third-order valence-corrected chi connectivity index (χ3v) is 6.76. The van der Waals surface area contributed by atoms with Crippen molar-refractivity contribution in [3.05, 3.63) is 59.7 Å². The Balaban J connectivity index is 1.34. The summed E-state index contributed by atoms with van der Waals surface area (Å²) in [7, 11) is 4.13. The number of carbonyl (C=O) groups is 1. The van der Waals surface area contributed by atoms with Gasteiger partial charge in [0.05, 0.1) is 5.52 Å². The number of fused-ring (bicyclic) bond motifs is 1. The number of anilines is 3. The number of aryl methyl sites for hydroxylation is 1. The predicted molar refractivity (Wildman–Crippen MR) is 143 cm³/mol. The summed E-state index contributed by atoms with van der Waals surface area (Å²) in [6, 6.07) is 17.0. The van der Waals surface area contributed by atoms with Gasteiger partial charge in [0, 0.05) is 49.0 Å². The van der Waals surface area contributed by atoms with Crippen LogP contribution in [0.5, 0.6) is 0 Å². The molecule has 180 valence electrons. The number of nitrogens with zero attached hydrogens (tertiary/aromatic N) is 2. The van der Waals surface area contributed by atoms with Gasteiger partial charge < -0.3 is 20.9 Å². The van der Waals surface area contributed by atoms with Crippen LogP contribution in [0.15, 0.2) is 48.5 Å². The molecular formula is C28H37N5O. The van der Waals surface area contributed by atoms with Crippen LogP contribution in [-0.4, -0.2) is 37.2 Å². The summed E-state index contributed by atoms with van der Waals surface area (Å²) in [6.45, 7) is 6.34. The summed E-state index contributed by atoms with van der Waals surface area (Å²) in [5.41, 5.74) is 5.36. The molecule has 0 atom stereocenters. The minimum Gasteiger partial charge on any atom is -0.377 e. The SMILES string of the molecule is Cc1cccc(C(C)C)c1NC(=O)N[C@H]1CC[C@@H](Nc2cc(N(C)C)c3ccccc3n2)CC1. The fourth-order valence-corrected chi connectivity index (χ4v) is 4.87. The second-order valence-electron chi connectivity index (χ2n) is 9.92. The van der Waals surface area contributed by atoms with Gasteiger partial charge in [-0.25, -0.2) is 9.78 Å². The third-order valence-electron chi connectivity index (χ3n) is 6.76. The van der Waals surface area contributed by atoms with Crippen molar-refractivity contribution < 1.29 is 4.79 Å². The Kier molecular flexibility index (Phi) is 7.25. The van der Waals surface area contributed by atoms with Crippen molar-refractivity contribution in [2.75, 3.05) is 29.6 Å². The zero-order chi connectivity index (χ0) is 24.2. The third kappa shape index (κ3) is 5.44. The van der Waals surface area contributed by atoms with Crippen molar-refractivity contribution in [1.29, 1.82) is 0 Å². The highest BCUT2D eigenvalue weighted by Gasteiger charge is 2.23. The molecule has 0 aliphatic heterocycles. The van der Waals surface area contributed by atoms with E-state index in [0.29, 0.717) is 12.0 Å². The Morgan fingerprint density at radius 3 is 2.41 bits per heavy atom. The van der Waals surface area contributed by atoms with Gasteiger partial charge in [0.2, 0.25) is 0 Å². The molecule has 1 aromatic heterocycles. The van der Waals surface area contributed by atoms with E-state index >= 15 is 0 Å². The van der Waals surface area contributed by atoms with Crippen molar-refractivity contribution in [3.63, 3.8) is 0 Å². The second-order valence-corrected chi connectivity index (χ2v) is 9.92. The number of benzene rings is 2. The predicted octanol–water partition coefficient (Wildman–Crippen LogP) is 6.28. The molecule has 1 heterocycles. The zero-order valence-corrected chi connectivity index (χ0v) is 21.0. The molecule has 0 bridgehead atoms. The highest BCUT2D eigenvalue weighted by molar-refractivity contribution is 5.93. The molecule has 0 saturated heterocycles. The Hall–Kier alpha value is -3.28. The van der Waals surface area contributed by atoms with E-state index in [2.05, 4.69) is 79.1 Å². The minimum absolute atomic E-state index is 0.112. The summed E-state index contributed by atoms with van der Waals surface area (Å²) in [4.78, 5) is 19.7. The number of hydrogen-bond acceptors (Lipinski definition) is 4. The van der Waals surface area contributed by atoms with E-state index in [9.17, 15) is 4.79 Å². The van der Waals surface area contributed by atoms with Crippen molar-refractivity contribution >= 4 is 34.1 Å². The Labute approximate surface area is 203 Å². The maximum atomic E-state index is 12.8. The van der Waals surface area contributed by atoms with E-state index in [0.717, 1.165) is 59.3 Å². The van der Waals surface area contributed by atoms with Gasteiger partial charge >= 0.3 is 6.03 Å². The van der Waals surface area contributed by atoms with Crippen LogP contribution in [-0.2, 0) is 0 Å². The molecule has 2 aromatic carbocycles. The normalized spacial score (nSPS) is 18.1. The topological polar surface area (TPSA) is 69.3 Å². The average molecular weight is 460 g/mol. The number of para-hydroxylation sites is 2. The number of nitrogens with one attached hydrogen (secondary N) is 3. The molecule has 1 saturated carbocycles. The molecular weight excluding hydrogens is 422 g/mol. The first kappa shape index (κ1) is 23.9. The van der Waals surface area contributed by atoms with Crippen LogP contribution < -0.4 is 20.9 Å². The smallest absolute Gasteiger partial charge is 0.319 e. The van der Waals surface area contributed by atoms with E-state index in [1.54, 1.807) is 0 Å². The van der Waals surface area contributed by atoms with Crippen LogP contribution in [0, 0.1) is 6.92 Å². The van der Waals surface area contributed by atoms with Crippen molar-refractivity contribution in [1.82, 2.24) is 10.3 Å². The molecule has 0 radical (unpaired) electrons. The van der Waals surface area contributed by atoms with Gasteiger partial charge in [-0.1, -0.05) is 50.2 Å². The van der Waals surface area contributed by atoms with E-state index in [1.807, 2.05) is 25.1 Å². The van der Waals surface area contributed by atoms with Gasteiger partial charge in [0.25, 0.3) is 0 Å². The van der Waals surface area contributed by atoms with Crippen LogP contribution in [0.25, 0.3) is 10.9 Å². The van der Waals surface area contributed by atoms with Crippen LogP contribution in [0.2, 0.25) is 0 Å². The molecule has 0 unspecified atom stereocenters. The van der Waals surface area contributed by atoms with E-state index in [-0.39, 0.29) is 12.1 Å². The number of urea groups is 1.